The van der Waals surface area contributed by atoms with E-state index in [1.165, 1.54) is 4.90 Å². The van der Waals surface area contributed by atoms with Gasteiger partial charge in [0.1, 0.15) is 22.8 Å². The fourth-order valence-corrected chi connectivity index (χ4v) is 7.56. The number of likely N-dealkylation sites (N-methyl/N-ethyl adjacent to an activating group) is 1. The van der Waals surface area contributed by atoms with Gasteiger partial charge in [-0.15, -0.1) is 0 Å². The number of nitrogens with zero attached hydrogens (tertiary/aromatic N) is 3. The number of fused-ring (bicyclic) bond motifs is 3. The van der Waals surface area contributed by atoms with Crippen LogP contribution < -0.4 is 16.0 Å². The number of aliphatic hydroxyl groups excluding tert-OH is 2. The zero-order chi connectivity index (χ0) is 34.4. The number of nitrogens with one attached hydrogen (secondary N) is 1. The fraction of sp³-hybridized carbons (Fsp3) is 0.576. The molecule has 0 aromatic heterocycles. The van der Waals surface area contributed by atoms with Gasteiger partial charge in [0.2, 0.25) is 11.7 Å². The quantitative estimate of drug-likeness (QED) is 0.194. The summed E-state index contributed by atoms with van der Waals surface area (Å²) in [6, 6.07) is 0.724. The standard InChI is InChI=1S/C33H45N5O8/c1-14(32(2,3)4)38-12-16(13-38)31(45)35-19-11-20(36(5)6)17-9-15-10-18-24(37(7)8)27(41)23(30(34)44)29(43)33(18,46)28(42)21(15)26(40)22(17)25(19)39/h11,14-16,18,24,39-40,43,46H,9-10,12-13H2,1-8H3,(H2,34,44)(H,35,45)/t14?,15?,18-,24-,33-/m0/s1. The average molecular weight is 640 g/mol. The number of amides is 2. The molecule has 1 heterocycles. The summed E-state index contributed by atoms with van der Waals surface area (Å²) >= 11 is 0. The van der Waals surface area contributed by atoms with Crippen molar-refractivity contribution >= 4 is 40.5 Å². The predicted molar refractivity (Wildman–Crippen MR) is 171 cm³/mol. The summed E-state index contributed by atoms with van der Waals surface area (Å²) in [6.45, 7) is 9.66. The van der Waals surface area contributed by atoms with Crippen LogP contribution in [0.2, 0.25) is 0 Å². The minimum Gasteiger partial charge on any atom is -0.508 e. The van der Waals surface area contributed by atoms with E-state index in [1.54, 1.807) is 39.2 Å². The number of Topliss-reactive ketones (excluding diaryl/α,β-unsaturated/α-hetero) is 2. The monoisotopic (exact) mass is 639 g/mol. The van der Waals surface area contributed by atoms with Gasteiger partial charge in [-0.3, -0.25) is 29.0 Å². The van der Waals surface area contributed by atoms with Crippen LogP contribution in [0, 0.1) is 23.2 Å². The van der Waals surface area contributed by atoms with Gasteiger partial charge in [0, 0.05) is 50.4 Å². The topological polar surface area (TPSA) is 197 Å². The number of phenols is 1. The zero-order valence-corrected chi connectivity index (χ0v) is 27.6. The number of likely N-dealkylation sites (tertiary alicyclic amines) is 1. The predicted octanol–water partition coefficient (Wildman–Crippen LogP) is 1.33. The normalized spacial score (nSPS) is 27.6. The summed E-state index contributed by atoms with van der Waals surface area (Å²) in [4.78, 5) is 58.4. The highest BCUT2D eigenvalue weighted by molar-refractivity contribution is 6.24. The van der Waals surface area contributed by atoms with Gasteiger partial charge in [0.15, 0.2) is 11.4 Å². The molecule has 13 nitrogen and oxygen atoms in total. The van der Waals surface area contributed by atoms with Gasteiger partial charge in [0.25, 0.3) is 5.91 Å². The maximum absolute atomic E-state index is 14.2. The van der Waals surface area contributed by atoms with E-state index >= 15 is 0 Å². The van der Waals surface area contributed by atoms with E-state index in [1.807, 2.05) is 0 Å². The van der Waals surface area contributed by atoms with Crippen LogP contribution in [0.5, 0.6) is 5.75 Å². The van der Waals surface area contributed by atoms with Crippen molar-refractivity contribution in [2.24, 2.45) is 28.9 Å². The first-order valence-electron chi connectivity index (χ1n) is 15.5. The van der Waals surface area contributed by atoms with Crippen LogP contribution in [-0.2, 0) is 25.6 Å². The molecule has 1 aromatic carbocycles. The van der Waals surface area contributed by atoms with E-state index in [0.717, 1.165) is 0 Å². The number of rotatable bonds is 6. The Labute approximate surface area is 268 Å². The maximum Gasteiger partial charge on any atom is 0.255 e. The molecule has 0 bridgehead atoms. The smallest absolute Gasteiger partial charge is 0.255 e. The molecule has 5 rings (SSSR count). The second-order valence-corrected chi connectivity index (χ2v) is 14.7. The Hall–Kier alpha value is -3.94. The van der Waals surface area contributed by atoms with Crippen LogP contribution in [0.25, 0.3) is 5.76 Å². The van der Waals surface area contributed by atoms with Crippen molar-refractivity contribution in [3.63, 3.8) is 0 Å². The largest absolute Gasteiger partial charge is 0.508 e. The van der Waals surface area contributed by atoms with Crippen molar-refractivity contribution < 1.29 is 39.6 Å². The second-order valence-electron chi connectivity index (χ2n) is 14.7. The van der Waals surface area contributed by atoms with Crippen LogP contribution in [-0.4, -0.2) is 113 Å². The number of ketones is 2. The summed E-state index contributed by atoms with van der Waals surface area (Å²) in [5.41, 5.74) is 2.68. The molecule has 0 radical (unpaired) electrons. The molecule has 7 N–H and O–H groups in total. The molecular weight excluding hydrogens is 594 g/mol. The number of primary amides is 1. The number of aromatic hydroxyl groups is 1. The lowest BCUT2D eigenvalue weighted by molar-refractivity contribution is -0.153. The Morgan fingerprint density at radius 1 is 1.11 bits per heavy atom. The van der Waals surface area contributed by atoms with Gasteiger partial charge in [-0.25, -0.2) is 0 Å². The Bertz CT molecular complexity index is 1600. The molecule has 1 saturated heterocycles. The Morgan fingerprint density at radius 2 is 1.72 bits per heavy atom. The molecule has 0 spiro atoms. The molecule has 3 aliphatic carbocycles. The van der Waals surface area contributed by atoms with Gasteiger partial charge in [-0.2, -0.15) is 0 Å². The van der Waals surface area contributed by atoms with E-state index in [9.17, 15) is 39.6 Å². The number of carbonyl (C=O) groups is 4. The summed E-state index contributed by atoms with van der Waals surface area (Å²) in [5, 5.41) is 48.9. The Balaban J connectivity index is 1.57. The number of phenolic OH excluding ortho intramolecular Hbond substituents is 1. The summed E-state index contributed by atoms with van der Waals surface area (Å²) in [6.07, 6.45) is 0.134. The third-order valence-corrected chi connectivity index (χ3v) is 10.5. The lowest BCUT2D eigenvalue weighted by atomic mass is 9.57. The number of hydrogen-bond donors (Lipinski definition) is 6. The molecular formula is C33H45N5O8. The molecule has 2 fully saturated rings. The lowest BCUT2D eigenvalue weighted by Gasteiger charge is -2.50. The van der Waals surface area contributed by atoms with Crippen molar-refractivity contribution in [3.8, 4) is 5.75 Å². The highest BCUT2D eigenvalue weighted by atomic mass is 16.3. The lowest BCUT2D eigenvalue weighted by Crippen LogP contribution is -2.65. The highest BCUT2D eigenvalue weighted by Gasteiger charge is 2.64. The van der Waals surface area contributed by atoms with Gasteiger partial charge in [0.05, 0.1) is 23.2 Å². The van der Waals surface area contributed by atoms with Gasteiger partial charge < -0.3 is 36.4 Å². The number of benzene rings is 1. The first kappa shape index (κ1) is 33.4. The van der Waals surface area contributed by atoms with Crippen molar-refractivity contribution in [2.45, 2.75) is 58.2 Å². The van der Waals surface area contributed by atoms with Crippen LogP contribution in [0.4, 0.5) is 11.4 Å². The second kappa shape index (κ2) is 11.1. The molecule has 1 saturated carbocycles. The molecule has 1 aromatic rings. The molecule has 4 aliphatic rings. The number of anilines is 2. The molecule has 46 heavy (non-hydrogen) atoms. The summed E-state index contributed by atoms with van der Waals surface area (Å²) < 4.78 is 0. The number of carbonyl (C=O) groups excluding carboxylic acids is 4. The van der Waals surface area contributed by atoms with Crippen LogP contribution in [0.1, 0.15) is 45.2 Å². The van der Waals surface area contributed by atoms with E-state index in [4.69, 9.17) is 5.73 Å². The SMILES string of the molecule is CC(N1CC(C(=O)Nc2cc(N(C)C)c3c(c2O)C(O)=C2C(=O)[C@]4(O)C(O)=C(C(N)=O)C(=O)[C@@H](N(C)C)[C@@H]4CC2C3)C1)C(C)(C)C. The van der Waals surface area contributed by atoms with Gasteiger partial charge in [-0.05, 0) is 56.8 Å². The van der Waals surface area contributed by atoms with Crippen LogP contribution in [0.3, 0.4) is 0 Å². The van der Waals surface area contributed by atoms with E-state index in [-0.39, 0.29) is 52.9 Å². The van der Waals surface area contributed by atoms with E-state index < -0.39 is 63.8 Å². The third-order valence-electron chi connectivity index (χ3n) is 10.5. The maximum atomic E-state index is 14.2. The van der Waals surface area contributed by atoms with Crippen molar-refractivity contribution in [2.75, 3.05) is 51.5 Å². The molecule has 2 amide bonds. The van der Waals surface area contributed by atoms with Gasteiger partial charge >= 0.3 is 0 Å². The number of nitrogens with two attached hydrogens (primary N) is 1. The molecule has 5 atom stereocenters. The Morgan fingerprint density at radius 3 is 2.24 bits per heavy atom. The third kappa shape index (κ3) is 4.87. The zero-order valence-electron chi connectivity index (χ0n) is 27.6. The summed E-state index contributed by atoms with van der Waals surface area (Å²) in [7, 11) is 6.65. The first-order chi connectivity index (χ1) is 21.2. The van der Waals surface area contributed by atoms with Crippen molar-refractivity contribution in [1.82, 2.24) is 9.80 Å². The Kier molecular flexibility index (Phi) is 8.06. The fourth-order valence-electron chi connectivity index (χ4n) is 7.56. The summed E-state index contributed by atoms with van der Waals surface area (Å²) in [5.74, 6) is -7.84. The molecule has 2 unspecified atom stereocenters. The molecule has 250 valence electrons. The number of hydrogen-bond acceptors (Lipinski definition) is 11. The molecule has 13 heteroatoms. The van der Waals surface area contributed by atoms with E-state index in [0.29, 0.717) is 24.3 Å². The first-order valence-corrected chi connectivity index (χ1v) is 15.5. The highest BCUT2D eigenvalue weighted by Crippen LogP contribution is 2.54. The van der Waals surface area contributed by atoms with Gasteiger partial charge in [-0.1, -0.05) is 20.8 Å². The van der Waals surface area contributed by atoms with E-state index in [2.05, 4.69) is 37.9 Å². The average Bonchev–Trinajstić information content (AvgIpc) is 2.90. The van der Waals surface area contributed by atoms with Crippen molar-refractivity contribution in [1.29, 1.82) is 0 Å². The number of aliphatic hydroxyl groups is 3. The van der Waals surface area contributed by atoms with Crippen LogP contribution >= 0.6 is 0 Å². The van der Waals surface area contributed by atoms with Crippen molar-refractivity contribution in [3.05, 3.63) is 34.1 Å². The minimum atomic E-state index is -2.73. The molecule has 1 aliphatic heterocycles. The minimum absolute atomic E-state index is 0.0109. The van der Waals surface area contributed by atoms with Crippen LogP contribution in [0.15, 0.2) is 23.0 Å².